The SMILES string of the molecule is N#C/C(=C\c1ccc(OCc2ccccc2F)c(Cl)c1)C(=O)Nc1ccccc1. The average Bonchev–Trinajstić information content (AvgIpc) is 2.73. The molecule has 0 saturated heterocycles. The number of hydrogen-bond donors (Lipinski definition) is 1. The average molecular weight is 407 g/mol. The van der Waals surface area contributed by atoms with E-state index in [1.807, 2.05) is 12.1 Å². The fourth-order valence-corrected chi connectivity index (χ4v) is 2.77. The van der Waals surface area contributed by atoms with E-state index in [-0.39, 0.29) is 23.0 Å². The Balaban J connectivity index is 1.72. The van der Waals surface area contributed by atoms with Crippen LogP contribution in [0.2, 0.25) is 5.02 Å². The Labute approximate surface area is 172 Å². The fraction of sp³-hybridized carbons (Fsp3) is 0.0435. The Kier molecular flexibility index (Phi) is 6.62. The predicted molar refractivity (Wildman–Crippen MR) is 111 cm³/mol. The molecule has 0 fully saturated rings. The fourth-order valence-electron chi connectivity index (χ4n) is 2.53. The monoisotopic (exact) mass is 406 g/mol. The van der Waals surface area contributed by atoms with Gasteiger partial charge in [0.1, 0.15) is 29.8 Å². The lowest BCUT2D eigenvalue weighted by Gasteiger charge is -2.09. The van der Waals surface area contributed by atoms with Crippen molar-refractivity contribution in [3.05, 3.63) is 100 Å². The maximum atomic E-state index is 13.7. The summed E-state index contributed by atoms with van der Waals surface area (Å²) in [5.74, 6) is -0.500. The van der Waals surface area contributed by atoms with Crippen LogP contribution >= 0.6 is 11.6 Å². The summed E-state index contributed by atoms with van der Waals surface area (Å²) in [6, 6.07) is 21.9. The molecule has 0 unspecified atom stereocenters. The second kappa shape index (κ2) is 9.54. The molecule has 6 heteroatoms. The Morgan fingerprint density at radius 2 is 1.83 bits per heavy atom. The smallest absolute Gasteiger partial charge is 0.266 e. The van der Waals surface area contributed by atoms with Crippen LogP contribution in [0.5, 0.6) is 5.75 Å². The van der Waals surface area contributed by atoms with Gasteiger partial charge in [0.25, 0.3) is 5.91 Å². The molecule has 3 aromatic carbocycles. The molecular formula is C23H16ClFN2O2. The molecule has 29 heavy (non-hydrogen) atoms. The molecule has 3 aromatic rings. The Morgan fingerprint density at radius 3 is 2.52 bits per heavy atom. The van der Waals surface area contributed by atoms with Crippen LogP contribution in [0.25, 0.3) is 6.08 Å². The van der Waals surface area contributed by atoms with E-state index in [0.29, 0.717) is 22.6 Å². The number of carbonyl (C=O) groups is 1. The van der Waals surface area contributed by atoms with Crippen LogP contribution in [0.1, 0.15) is 11.1 Å². The number of rotatable bonds is 6. The summed E-state index contributed by atoms with van der Waals surface area (Å²) in [4.78, 5) is 12.3. The molecule has 3 rings (SSSR count). The van der Waals surface area contributed by atoms with Gasteiger partial charge in [-0.2, -0.15) is 5.26 Å². The number of benzene rings is 3. The number of hydrogen-bond acceptors (Lipinski definition) is 3. The lowest BCUT2D eigenvalue weighted by Crippen LogP contribution is -2.13. The predicted octanol–water partition coefficient (Wildman–Crippen LogP) is 5.60. The van der Waals surface area contributed by atoms with E-state index in [9.17, 15) is 14.4 Å². The van der Waals surface area contributed by atoms with Crippen molar-refractivity contribution < 1.29 is 13.9 Å². The van der Waals surface area contributed by atoms with Gasteiger partial charge >= 0.3 is 0 Å². The number of halogens is 2. The number of ether oxygens (including phenoxy) is 1. The van der Waals surface area contributed by atoms with Crippen molar-refractivity contribution in [3.8, 4) is 11.8 Å². The first-order valence-electron chi connectivity index (χ1n) is 8.71. The minimum atomic E-state index is -0.519. The van der Waals surface area contributed by atoms with Crippen molar-refractivity contribution in [1.29, 1.82) is 5.26 Å². The zero-order valence-electron chi connectivity index (χ0n) is 15.2. The third-order valence-electron chi connectivity index (χ3n) is 4.00. The first-order valence-corrected chi connectivity index (χ1v) is 9.08. The number of anilines is 1. The maximum absolute atomic E-state index is 13.7. The maximum Gasteiger partial charge on any atom is 0.266 e. The topological polar surface area (TPSA) is 62.1 Å². The molecule has 0 heterocycles. The van der Waals surface area contributed by atoms with E-state index in [0.717, 1.165) is 0 Å². The van der Waals surface area contributed by atoms with E-state index in [2.05, 4.69) is 5.32 Å². The van der Waals surface area contributed by atoms with Crippen LogP contribution in [-0.2, 0) is 11.4 Å². The zero-order valence-corrected chi connectivity index (χ0v) is 16.0. The van der Waals surface area contributed by atoms with Gasteiger partial charge in [-0.05, 0) is 42.0 Å². The van der Waals surface area contributed by atoms with Gasteiger partial charge in [-0.1, -0.05) is 54.1 Å². The van der Waals surface area contributed by atoms with E-state index in [1.165, 1.54) is 12.1 Å². The van der Waals surface area contributed by atoms with Crippen LogP contribution < -0.4 is 10.1 Å². The van der Waals surface area contributed by atoms with Crippen molar-refractivity contribution in [2.24, 2.45) is 0 Å². The molecule has 0 aliphatic heterocycles. The number of para-hydroxylation sites is 1. The molecule has 0 aliphatic carbocycles. The highest BCUT2D eigenvalue weighted by Crippen LogP contribution is 2.27. The molecule has 1 amide bonds. The number of nitriles is 1. The van der Waals surface area contributed by atoms with Gasteiger partial charge in [0.15, 0.2) is 0 Å². The van der Waals surface area contributed by atoms with Crippen molar-refractivity contribution in [2.75, 3.05) is 5.32 Å². The summed E-state index contributed by atoms with van der Waals surface area (Å²) in [5.41, 5.74) is 1.50. The Hall–Kier alpha value is -3.62. The molecule has 0 aliphatic rings. The quantitative estimate of drug-likeness (QED) is 0.428. The molecule has 0 bridgehead atoms. The van der Waals surface area contributed by atoms with Crippen LogP contribution in [0, 0.1) is 17.1 Å². The van der Waals surface area contributed by atoms with Crippen LogP contribution in [0.3, 0.4) is 0 Å². The molecular weight excluding hydrogens is 391 g/mol. The lowest BCUT2D eigenvalue weighted by atomic mass is 10.1. The molecule has 0 saturated carbocycles. The standard InChI is InChI=1S/C23H16ClFN2O2/c24-20-13-16(10-11-22(20)29-15-17-6-4-5-9-21(17)25)12-18(14-26)23(28)27-19-7-2-1-3-8-19/h1-13H,15H2,(H,27,28)/b18-12+. The van der Waals surface area contributed by atoms with Gasteiger partial charge in [0, 0.05) is 11.3 Å². The highest BCUT2D eigenvalue weighted by Gasteiger charge is 2.11. The molecule has 4 nitrogen and oxygen atoms in total. The number of nitrogens with zero attached hydrogens (tertiary/aromatic N) is 1. The minimum absolute atomic E-state index is 0.0322. The number of carbonyl (C=O) groups excluding carboxylic acids is 1. The number of amides is 1. The third-order valence-corrected chi connectivity index (χ3v) is 4.30. The van der Waals surface area contributed by atoms with E-state index in [4.69, 9.17) is 16.3 Å². The highest BCUT2D eigenvalue weighted by atomic mass is 35.5. The van der Waals surface area contributed by atoms with Crippen molar-refractivity contribution in [1.82, 2.24) is 0 Å². The van der Waals surface area contributed by atoms with Crippen molar-refractivity contribution >= 4 is 29.3 Å². The summed E-state index contributed by atoms with van der Waals surface area (Å²) in [7, 11) is 0. The zero-order chi connectivity index (χ0) is 20.6. The van der Waals surface area contributed by atoms with E-state index < -0.39 is 5.91 Å². The van der Waals surface area contributed by atoms with Gasteiger partial charge in [-0.3, -0.25) is 4.79 Å². The van der Waals surface area contributed by atoms with E-state index >= 15 is 0 Å². The minimum Gasteiger partial charge on any atom is -0.487 e. The van der Waals surface area contributed by atoms with E-state index in [1.54, 1.807) is 60.7 Å². The highest BCUT2D eigenvalue weighted by molar-refractivity contribution is 6.32. The van der Waals surface area contributed by atoms with Crippen LogP contribution in [0.4, 0.5) is 10.1 Å². The summed E-state index contributed by atoms with van der Waals surface area (Å²) in [5, 5.41) is 12.3. The third kappa shape index (κ3) is 5.44. The molecule has 1 N–H and O–H groups in total. The Bertz CT molecular complexity index is 1090. The summed E-state index contributed by atoms with van der Waals surface area (Å²) in [6.45, 7) is 0.0322. The van der Waals surface area contributed by atoms with Crippen molar-refractivity contribution in [3.63, 3.8) is 0 Å². The summed E-state index contributed by atoms with van der Waals surface area (Å²) < 4.78 is 19.3. The first-order chi connectivity index (χ1) is 14.1. The summed E-state index contributed by atoms with van der Waals surface area (Å²) in [6.07, 6.45) is 1.44. The molecule has 0 radical (unpaired) electrons. The normalized spacial score (nSPS) is 10.9. The second-order valence-electron chi connectivity index (χ2n) is 6.06. The van der Waals surface area contributed by atoms with Crippen LogP contribution in [0.15, 0.2) is 78.4 Å². The molecule has 0 aromatic heterocycles. The molecule has 0 atom stereocenters. The van der Waals surface area contributed by atoms with Crippen molar-refractivity contribution in [2.45, 2.75) is 6.61 Å². The van der Waals surface area contributed by atoms with Gasteiger partial charge in [0.2, 0.25) is 0 Å². The van der Waals surface area contributed by atoms with Gasteiger partial charge < -0.3 is 10.1 Å². The molecule has 0 spiro atoms. The van der Waals surface area contributed by atoms with Crippen LogP contribution in [-0.4, -0.2) is 5.91 Å². The Morgan fingerprint density at radius 1 is 1.10 bits per heavy atom. The van der Waals surface area contributed by atoms with Gasteiger partial charge in [-0.15, -0.1) is 0 Å². The van der Waals surface area contributed by atoms with Gasteiger partial charge in [-0.25, -0.2) is 4.39 Å². The molecule has 144 valence electrons. The lowest BCUT2D eigenvalue weighted by molar-refractivity contribution is -0.112. The number of nitrogens with one attached hydrogen (secondary N) is 1. The second-order valence-corrected chi connectivity index (χ2v) is 6.47. The summed E-state index contributed by atoms with van der Waals surface area (Å²) >= 11 is 6.24. The van der Waals surface area contributed by atoms with Gasteiger partial charge in [0.05, 0.1) is 5.02 Å². The largest absolute Gasteiger partial charge is 0.487 e. The first kappa shape index (κ1) is 20.1.